The van der Waals surface area contributed by atoms with E-state index in [0.29, 0.717) is 5.69 Å². The third-order valence-corrected chi connectivity index (χ3v) is 5.90. The lowest BCUT2D eigenvalue weighted by Crippen LogP contribution is -2.42. The topological polar surface area (TPSA) is 49.8 Å². The number of carbonyl (C=O) groups is 1. The average Bonchev–Trinajstić information content (AvgIpc) is 2.56. The van der Waals surface area contributed by atoms with E-state index in [0.717, 1.165) is 57.7 Å². The lowest BCUT2D eigenvalue weighted by molar-refractivity contribution is -0.138. The second-order valence-electron chi connectivity index (χ2n) is 7.55. The molecule has 1 heterocycles. The SMILES string of the molecule is O=C(O)CC1CCC2(CC1)CCN(c1cc(F)cc(OC(F)F)c1)CC2. The molecule has 144 valence electrons. The molecule has 1 saturated heterocycles. The number of carboxylic acid groups (broad SMARTS) is 1. The minimum Gasteiger partial charge on any atom is -0.481 e. The largest absolute Gasteiger partial charge is 0.481 e. The van der Waals surface area contributed by atoms with Crippen molar-refractivity contribution in [1.29, 1.82) is 0 Å². The lowest BCUT2D eigenvalue weighted by Gasteiger charge is -2.46. The monoisotopic (exact) mass is 371 g/mol. The molecule has 1 aromatic rings. The van der Waals surface area contributed by atoms with Gasteiger partial charge in [-0.2, -0.15) is 8.78 Å². The summed E-state index contributed by atoms with van der Waals surface area (Å²) in [6.07, 6.45) is 6.10. The van der Waals surface area contributed by atoms with Crippen molar-refractivity contribution in [2.24, 2.45) is 11.3 Å². The van der Waals surface area contributed by atoms with Gasteiger partial charge in [0.1, 0.15) is 11.6 Å². The molecular weight excluding hydrogens is 347 g/mol. The van der Waals surface area contributed by atoms with Crippen molar-refractivity contribution in [2.45, 2.75) is 51.6 Å². The van der Waals surface area contributed by atoms with Crippen LogP contribution in [0.15, 0.2) is 18.2 Å². The van der Waals surface area contributed by atoms with Crippen LogP contribution in [0.3, 0.4) is 0 Å². The van der Waals surface area contributed by atoms with Gasteiger partial charge in [-0.3, -0.25) is 4.79 Å². The molecule has 0 radical (unpaired) electrons. The fraction of sp³-hybridized carbons (Fsp3) is 0.632. The molecule has 0 amide bonds. The van der Waals surface area contributed by atoms with Crippen LogP contribution in [0.2, 0.25) is 0 Å². The zero-order chi connectivity index (χ0) is 18.7. The average molecular weight is 371 g/mol. The number of anilines is 1. The summed E-state index contributed by atoms with van der Waals surface area (Å²) >= 11 is 0. The van der Waals surface area contributed by atoms with Crippen molar-refractivity contribution in [3.8, 4) is 5.75 Å². The summed E-state index contributed by atoms with van der Waals surface area (Å²) in [7, 11) is 0. The van der Waals surface area contributed by atoms with Gasteiger partial charge >= 0.3 is 12.6 Å². The van der Waals surface area contributed by atoms with Crippen LogP contribution >= 0.6 is 0 Å². The fourth-order valence-electron chi connectivity index (χ4n) is 4.38. The predicted octanol–water partition coefficient (Wildman–Crippen LogP) is 4.68. The van der Waals surface area contributed by atoms with Gasteiger partial charge in [0.15, 0.2) is 0 Å². The van der Waals surface area contributed by atoms with E-state index < -0.39 is 18.4 Å². The Kier molecular flexibility index (Phi) is 5.63. The Morgan fingerprint density at radius 3 is 2.42 bits per heavy atom. The normalized spacial score (nSPS) is 20.5. The van der Waals surface area contributed by atoms with Crippen LogP contribution in [0.4, 0.5) is 18.9 Å². The molecule has 1 saturated carbocycles. The number of hydrogen-bond donors (Lipinski definition) is 1. The van der Waals surface area contributed by atoms with E-state index in [1.807, 2.05) is 4.90 Å². The van der Waals surface area contributed by atoms with Crippen LogP contribution in [0.5, 0.6) is 5.75 Å². The maximum absolute atomic E-state index is 13.7. The molecule has 1 spiro atoms. The highest BCUT2D eigenvalue weighted by Gasteiger charge is 2.38. The molecule has 1 N–H and O–H groups in total. The first kappa shape index (κ1) is 18.9. The predicted molar refractivity (Wildman–Crippen MR) is 91.1 cm³/mol. The third kappa shape index (κ3) is 4.62. The summed E-state index contributed by atoms with van der Waals surface area (Å²) in [5.74, 6) is -1.21. The standard InChI is InChI=1S/C19H24F3NO3/c20-14-10-15(12-16(11-14)26-18(21)22)23-7-5-19(6-8-23)3-1-13(2-4-19)9-17(24)25/h10-13,18H,1-9H2,(H,24,25). The van der Waals surface area contributed by atoms with Crippen LogP contribution < -0.4 is 9.64 Å². The zero-order valence-electron chi connectivity index (χ0n) is 14.6. The van der Waals surface area contributed by atoms with E-state index in [1.165, 1.54) is 12.1 Å². The summed E-state index contributed by atoms with van der Waals surface area (Å²) < 4.78 is 42.8. The van der Waals surface area contributed by atoms with Gasteiger partial charge in [0.25, 0.3) is 0 Å². The van der Waals surface area contributed by atoms with Crippen molar-refractivity contribution < 1.29 is 27.8 Å². The number of aliphatic carboxylic acids is 1. The van der Waals surface area contributed by atoms with Crippen LogP contribution in [-0.2, 0) is 4.79 Å². The van der Waals surface area contributed by atoms with Crippen LogP contribution in [0, 0.1) is 17.2 Å². The van der Waals surface area contributed by atoms with E-state index in [4.69, 9.17) is 5.11 Å². The van der Waals surface area contributed by atoms with E-state index in [-0.39, 0.29) is 23.5 Å². The first-order valence-corrected chi connectivity index (χ1v) is 9.07. The van der Waals surface area contributed by atoms with Gasteiger partial charge in [0, 0.05) is 37.3 Å². The van der Waals surface area contributed by atoms with Gasteiger partial charge in [-0.05, 0) is 55.9 Å². The van der Waals surface area contributed by atoms with E-state index in [9.17, 15) is 18.0 Å². The Morgan fingerprint density at radius 1 is 1.19 bits per heavy atom. The number of piperidine rings is 1. The second kappa shape index (κ2) is 7.76. The van der Waals surface area contributed by atoms with Crippen molar-refractivity contribution in [2.75, 3.05) is 18.0 Å². The molecule has 2 aliphatic rings. The molecule has 1 aliphatic carbocycles. The maximum atomic E-state index is 13.7. The molecule has 2 fully saturated rings. The highest BCUT2D eigenvalue weighted by atomic mass is 19.3. The molecule has 3 rings (SSSR count). The summed E-state index contributed by atoms with van der Waals surface area (Å²) in [6, 6.07) is 3.77. The molecule has 0 unspecified atom stereocenters. The quantitative estimate of drug-likeness (QED) is 0.817. The molecule has 0 aromatic heterocycles. The van der Waals surface area contributed by atoms with Crippen molar-refractivity contribution >= 4 is 11.7 Å². The maximum Gasteiger partial charge on any atom is 0.387 e. The highest BCUT2D eigenvalue weighted by molar-refractivity contribution is 5.67. The Morgan fingerprint density at radius 2 is 1.85 bits per heavy atom. The molecule has 26 heavy (non-hydrogen) atoms. The first-order valence-electron chi connectivity index (χ1n) is 9.07. The van der Waals surface area contributed by atoms with Gasteiger partial charge in [-0.25, -0.2) is 4.39 Å². The number of carboxylic acids is 1. The first-order chi connectivity index (χ1) is 12.3. The number of rotatable bonds is 5. The van der Waals surface area contributed by atoms with E-state index >= 15 is 0 Å². The smallest absolute Gasteiger partial charge is 0.387 e. The molecule has 4 nitrogen and oxygen atoms in total. The lowest BCUT2D eigenvalue weighted by atomic mass is 9.65. The Hall–Kier alpha value is -1.92. The number of hydrogen-bond acceptors (Lipinski definition) is 3. The Bertz CT molecular complexity index is 635. The van der Waals surface area contributed by atoms with Gasteiger partial charge in [-0.15, -0.1) is 0 Å². The molecule has 0 bridgehead atoms. The molecule has 1 aliphatic heterocycles. The highest BCUT2D eigenvalue weighted by Crippen LogP contribution is 2.47. The summed E-state index contributed by atoms with van der Waals surface area (Å²) in [6.45, 7) is -1.50. The minimum atomic E-state index is -2.98. The van der Waals surface area contributed by atoms with Gasteiger partial charge in [0.05, 0.1) is 0 Å². The van der Waals surface area contributed by atoms with E-state index in [2.05, 4.69) is 4.74 Å². The van der Waals surface area contributed by atoms with Crippen LogP contribution in [0.25, 0.3) is 0 Å². The third-order valence-electron chi connectivity index (χ3n) is 5.90. The molecular formula is C19H24F3NO3. The van der Waals surface area contributed by atoms with Gasteiger partial charge < -0.3 is 14.7 Å². The van der Waals surface area contributed by atoms with Crippen molar-refractivity contribution in [1.82, 2.24) is 0 Å². The fourth-order valence-corrected chi connectivity index (χ4v) is 4.38. The van der Waals surface area contributed by atoms with Gasteiger partial charge in [0.2, 0.25) is 0 Å². The van der Waals surface area contributed by atoms with Crippen LogP contribution in [-0.4, -0.2) is 30.8 Å². The molecule has 0 atom stereocenters. The molecule has 7 heteroatoms. The van der Waals surface area contributed by atoms with E-state index in [1.54, 1.807) is 0 Å². The number of alkyl halides is 2. The number of nitrogens with zero attached hydrogens (tertiary/aromatic N) is 1. The van der Waals surface area contributed by atoms with Crippen molar-refractivity contribution in [3.63, 3.8) is 0 Å². The summed E-state index contributed by atoms with van der Waals surface area (Å²) in [5.41, 5.74) is 0.802. The zero-order valence-corrected chi connectivity index (χ0v) is 14.6. The van der Waals surface area contributed by atoms with Crippen molar-refractivity contribution in [3.05, 3.63) is 24.0 Å². The Labute approximate surface area is 150 Å². The number of halogens is 3. The summed E-state index contributed by atoms with van der Waals surface area (Å²) in [5, 5.41) is 8.93. The second-order valence-corrected chi connectivity index (χ2v) is 7.55. The number of ether oxygens (including phenoxy) is 1. The number of benzene rings is 1. The van der Waals surface area contributed by atoms with Crippen LogP contribution in [0.1, 0.15) is 44.9 Å². The summed E-state index contributed by atoms with van der Waals surface area (Å²) in [4.78, 5) is 12.9. The Balaban J connectivity index is 1.59. The van der Waals surface area contributed by atoms with Gasteiger partial charge in [-0.1, -0.05) is 0 Å². The molecule has 1 aromatic carbocycles. The minimum absolute atomic E-state index is 0.163.